The van der Waals surface area contributed by atoms with Gasteiger partial charge in [-0.2, -0.15) is 0 Å². The van der Waals surface area contributed by atoms with Crippen LogP contribution in [0.3, 0.4) is 0 Å². The van der Waals surface area contributed by atoms with Crippen LogP contribution in [0, 0.1) is 5.92 Å². The third-order valence-electron chi connectivity index (χ3n) is 4.91. The highest BCUT2D eigenvalue weighted by molar-refractivity contribution is 5.80. The van der Waals surface area contributed by atoms with Gasteiger partial charge in [-0.25, -0.2) is 0 Å². The third-order valence-corrected chi connectivity index (χ3v) is 4.91. The van der Waals surface area contributed by atoms with Crippen LogP contribution in [0.4, 0.5) is 0 Å². The van der Waals surface area contributed by atoms with Crippen LogP contribution in [-0.2, 0) is 14.3 Å². The molecule has 5 heteroatoms. The van der Waals surface area contributed by atoms with Crippen LogP contribution in [0.25, 0.3) is 0 Å². The summed E-state index contributed by atoms with van der Waals surface area (Å²) in [6.07, 6.45) is 1.25. The molecule has 124 valence electrons. The summed E-state index contributed by atoms with van der Waals surface area (Å²) in [6.45, 7) is 5.49. The second-order valence-corrected chi connectivity index (χ2v) is 6.41. The van der Waals surface area contributed by atoms with Gasteiger partial charge in [0, 0.05) is 25.9 Å². The quantitative estimate of drug-likeness (QED) is 0.840. The smallest absolute Gasteiger partial charge is 0.227 e. The molecule has 2 aliphatic rings. The summed E-state index contributed by atoms with van der Waals surface area (Å²) in [7, 11) is 0. The molecule has 2 unspecified atom stereocenters. The average molecular weight is 316 g/mol. The summed E-state index contributed by atoms with van der Waals surface area (Å²) >= 11 is 0. The number of amides is 2. The molecule has 0 aromatic heterocycles. The van der Waals surface area contributed by atoms with Crippen molar-refractivity contribution >= 4 is 11.8 Å². The van der Waals surface area contributed by atoms with E-state index >= 15 is 0 Å². The van der Waals surface area contributed by atoms with E-state index in [1.54, 1.807) is 6.92 Å². The second kappa shape index (κ2) is 6.71. The van der Waals surface area contributed by atoms with Gasteiger partial charge >= 0.3 is 0 Å². The van der Waals surface area contributed by atoms with E-state index in [1.165, 1.54) is 0 Å². The van der Waals surface area contributed by atoms with Crippen LogP contribution in [0.2, 0.25) is 0 Å². The molecule has 1 aromatic rings. The van der Waals surface area contributed by atoms with Crippen molar-refractivity contribution in [3.8, 4) is 0 Å². The summed E-state index contributed by atoms with van der Waals surface area (Å²) in [5.74, 6) is 0.267. The van der Waals surface area contributed by atoms with Crippen LogP contribution in [0.1, 0.15) is 38.4 Å². The number of rotatable bonds is 2. The fourth-order valence-corrected chi connectivity index (χ4v) is 3.48. The molecule has 1 aromatic carbocycles. The predicted octanol–water partition coefficient (Wildman–Crippen LogP) is 2.19. The molecule has 0 radical (unpaired) electrons. The Labute approximate surface area is 137 Å². The molecule has 2 amide bonds. The Morgan fingerprint density at radius 1 is 1.13 bits per heavy atom. The molecule has 2 aliphatic heterocycles. The van der Waals surface area contributed by atoms with Crippen molar-refractivity contribution < 1.29 is 14.3 Å². The van der Waals surface area contributed by atoms with Crippen LogP contribution in [0.15, 0.2) is 30.3 Å². The van der Waals surface area contributed by atoms with Gasteiger partial charge in [0.05, 0.1) is 6.54 Å². The minimum atomic E-state index is -0.196. The lowest BCUT2D eigenvalue weighted by Gasteiger charge is -2.33. The summed E-state index contributed by atoms with van der Waals surface area (Å²) in [4.78, 5) is 27.9. The van der Waals surface area contributed by atoms with Gasteiger partial charge in [0.25, 0.3) is 0 Å². The Morgan fingerprint density at radius 3 is 2.39 bits per heavy atom. The van der Waals surface area contributed by atoms with Gasteiger partial charge in [0.15, 0.2) is 0 Å². The van der Waals surface area contributed by atoms with Gasteiger partial charge in [0.2, 0.25) is 11.8 Å². The molecule has 3 rings (SSSR count). The van der Waals surface area contributed by atoms with Gasteiger partial charge in [-0.3, -0.25) is 9.59 Å². The molecular formula is C18H24N2O3. The standard InChI is InChI=1S/C18H24N2O3/c1-13(21)19-10-8-16(9-11-19)18(22)20-12-17(23-14(20)2)15-6-4-3-5-7-15/h3-7,14,16-17H,8-12H2,1-2H3. The van der Waals surface area contributed by atoms with E-state index < -0.39 is 0 Å². The molecule has 2 atom stereocenters. The number of piperidine rings is 1. The van der Waals surface area contributed by atoms with Gasteiger partial charge in [-0.1, -0.05) is 30.3 Å². The summed E-state index contributed by atoms with van der Waals surface area (Å²) < 4.78 is 5.97. The number of hydrogen-bond acceptors (Lipinski definition) is 3. The number of carbonyl (C=O) groups is 2. The monoisotopic (exact) mass is 316 g/mol. The molecule has 2 heterocycles. The SMILES string of the molecule is CC(=O)N1CCC(C(=O)N2CC(c3ccccc3)OC2C)CC1. The van der Waals surface area contributed by atoms with E-state index in [2.05, 4.69) is 0 Å². The summed E-state index contributed by atoms with van der Waals surface area (Å²) in [5, 5.41) is 0. The van der Waals surface area contributed by atoms with Crippen molar-refractivity contribution in [2.75, 3.05) is 19.6 Å². The summed E-state index contributed by atoms with van der Waals surface area (Å²) in [5.41, 5.74) is 1.11. The van der Waals surface area contributed by atoms with Crippen molar-refractivity contribution in [2.24, 2.45) is 5.92 Å². The number of ether oxygens (including phenoxy) is 1. The molecule has 0 bridgehead atoms. The zero-order valence-corrected chi connectivity index (χ0v) is 13.8. The highest BCUT2D eigenvalue weighted by atomic mass is 16.5. The zero-order valence-electron chi connectivity index (χ0n) is 13.8. The first-order valence-corrected chi connectivity index (χ1v) is 8.32. The predicted molar refractivity (Wildman–Crippen MR) is 86.4 cm³/mol. The topological polar surface area (TPSA) is 49.9 Å². The fourth-order valence-electron chi connectivity index (χ4n) is 3.48. The lowest BCUT2D eigenvalue weighted by Crippen LogP contribution is -2.45. The summed E-state index contributed by atoms with van der Waals surface area (Å²) in [6, 6.07) is 10.0. The van der Waals surface area contributed by atoms with Crippen LogP contribution < -0.4 is 0 Å². The van der Waals surface area contributed by atoms with E-state index in [9.17, 15) is 9.59 Å². The maximum atomic E-state index is 12.8. The highest BCUT2D eigenvalue weighted by Crippen LogP contribution is 2.31. The maximum Gasteiger partial charge on any atom is 0.227 e. The molecule has 2 saturated heterocycles. The lowest BCUT2D eigenvalue weighted by atomic mass is 9.95. The molecule has 5 nitrogen and oxygen atoms in total. The van der Waals surface area contributed by atoms with Gasteiger partial charge in [-0.05, 0) is 25.3 Å². The minimum Gasteiger partial charge on any atom is -0.349 e. The molecule has 0 saturated carbocycles. The van der Waals surface area contributed by atoms with E-state index in [-0.39, 0.29) is 30.1 Å². The largest absolute Gasteiger partial charge is 0.349 e. The Hall–Kier alpha value is -1.88. The van der Waals surface area contributed by atoms with Crippen molar-refractivity contribution in [3.63, 3.8) is 0 Å². The molecule has 0 spiro atoms. The Balaban J connectivity index is 1.61. The number of likely N-dealkylation sites (tertiary alicyclic amines) is 1. The Bertz CT molecular complexity index is 567. The number of hydrogen-bond donors (Lipinski definition) is 0. The molecule has 0 N–H and O–H groups in total. The molecule has 23 heavy (non-hydrogen) atoms. The van der Waals surface area contributed by atoms with Gasteiger partial charge < -0.3 is 14.5 Å². The van der Waals surface area contributed by atoms with Gasteiger partial charge in [-0.15, -0.1) is 0 Å². The van der Waals surface area contributed by atoms with E-state index in [1.807, 2.05) is 47.1 Å². The van der Waals surface area contributed by atoms with E-state index in [0.29, 0.717) is 19.6 Å². The number of carbonyl (C=O) groups excluding carboxylic acids is 2. The van der Waals surface area contributed by atoms with Crippen molar-refractivity contribution in [3.05, 3.63) is 35.9 Å². The first kappa shape index (κ1) is 16.0. The molecular weight excluding hydrogens is 292 g/mol. The highest BCUT2D eigenvalue weighted by Gasteiger charge is 2.38. The lowest BCUT2D eigenvalue weighted by molar-refractivity contribution is -0.143. The Kier molecular flexibility index (Phi) is 4.66. The molecule has 0 aliphatic carbocycles. The van der Waals surface area contributed by atoms with Crippen LogP contribution in [0.5, 0.6) is 0 Å². The van der Waals surface area contributed by atoms with E-state index in [0.717, 1.165) is 18.4 Å². The zero-order chi connectivity index (χ0) is 16.4. The minimum absolute atomic E-state index is 0.00572. The molecule has 2 fully saturated rings. The first-order chi connectivity index (χ1) is 11.1. The maximum absolute atomic E-state index is 12.8. The van der Waals surface area contributed by atoms with E-state index in [4.69, 9.17) is 4.74 Å². The van der Waals surface area contributed by atoms with Crippen molar-refractivity contribution in [1.29, 1.82) is 0 Å². The third kappa shape index (κ3) is 3.39. The normalized spacial score (nSPS) is 25.7. The fraction of sp³-hybridized carbons (Fsp3) is 0.556. The number of nitrogens with zero attached hydrogens (tertiary/aromatic N) is 2. The first-order valence-electron chi connectivity index (χ1n) is 8.32. The second-order valence-electron chi connectivity index (χ2n) is 6.41. The van der Waals surface area contributed by atoms with Crippen molar-refractivity contribution in [2.45, 2.75) is 39.0 Å². The van der Waals surface area contributed by atoms with Crippen LogP contribution >= 0.6 is 0 Å². The van der Waals surface area contributed by atoms with Crippen LogP contribution in [-0.4, -0.2) is 47.5 Å². The van der Waals surface area contributed by atoms with Gasteiger partial charge in [0.1, 0.15) is 12.3 Å². The van der Waals surface area contributed by atoms with Crippen molar-refractivity contribution in [1.82, 2.24) is 9.80 Å². The number of benzene rings is 1. The Morgan fingerprint density at radius 2 is 1.78 bits per heavy atom. The average Bonchev–Trinajstić information content (AvgIpc) is 2.97.